The van der Waals surface area contributed by atoms with Crippen LogP contribution in [0.2, 0.25) is 0 Å². The third-order valence-corrected chi connectivity index (χ3v) is 4.52. The van der Waals surface area contributed by atoms with Gasteiger partial charge in [0, 0.05) is 12.6 Å². The minimum absolute atomic E-state index is 1.01. The van der Waals surface area contributed by atoms with Gasteiger partial charge in [0.25, 0.3) is 0 Å². The van der Waals surface area contributed by atoms with E-state index in [2.05, 4.69) is 11.8 Å². The molecular formula is C11H19N. The van der Waals surface area contributed by atoms with Crippen LogP contribution in [0.3, 0.4) is 0 Å². The minimum atomic E-state index is 1.01. The molecule has 2 bridgehead atoms. The van der Waals surface area contributed by atoms with Gasteiger partial charge in [0.1, 0.15) is 0 Å². The molecule has 0 N–H and O–H groups in total. The number of nitrogens with zero attached hydrogens (tertiary/aromatic N) is 1. The summed E-state index contributed by atoms with van der Waals surface area (Å²) in [5, 5.41) is 0. The molecule has 1 aliphatic carbocycles. The van der Waals surface area contributed by atoms with Gasteiger partial charge in [0.05, 0.1) is 0 Å². The van der Waals surface area contributed by atoms with E-state index in [0.29, 0.717) is 0 Å². The summed E-state index contributed by atoms with van der Waals surface area (Å²) in [5.74, 6) is 3.21. The molecule has 1 saturated carbocycles. The molecule has 0 amide bonds. The maximum atomic E-state index is 2.78. The maximum absolute atomic E-state index is 2.78. The Labute approximate surface area is 75.1 Å². The predicted octanol–water partition coefficient (Wildman–Crippen LogP) is 2.13. The molecule has 68 valence electrons. The highest BCUT2D eigenvalue weighted by atomic mass is 15.2. The van der Waals surface area contributed by atoms with Gasteiger partial charge in [0.15, 0.2) is 0 Å². The van der Waals surface area contributed by atoms with Crippen LogP contribution in [-0.4, -0.2) is 24.0 Å². The first-order valence-electron chi connectivity index (χ1n) is 5.60. The average Bonchev–Trinajstić information content (AvgIpc) is 2.57. The van der Waals surface area contributed by atoms with Gasteiger partial charge >= 0.3 is 0 Å². The lowest BCUT2D eigenvalue weighted by Gasteiger charge is -2.25. The lowest BCUT2D eigenvalue weighted by molar-refractivity contribution is 0.217. The molecule has 3 aliphatic rings. The van der Waals surface area contributed by atoms with Crippen molar-refractivity contribution in [3.63, 3.8) is 0 Å². The number of rotatable bonds is 0. The van der Waals surface area contributed by atoms with Crippen LogP contribution in [0.1, 0.15) is 32.6 Å². The van der Waals surface area contributed by atoms with Gasteiger partial charge in [-0.3, -0.25) is 4.90 Å². The first-order valence-corrected chi connectivity index (χ1v) is 5.60. The van der Waals surface area contributed by atoms with Crippen molar-refractivity contribution in [2.45, 2.75) is 38.6 Å². The van der Waals surface area contributed by atoms with Crippen LogP contribution >= 0.6 is 0 Å². The van der Waals surface area contributed by atoms with Crippen LogP contribution in [0.4, 0.5) is 0 Å². The molecule has 3 fully saturated rings. The zero-order chi connectivity index (χ0) is 8.13. The summed E-state index contributed by atoms with van der Waals surface area (Å²) in [6.07, 6.45) is 6.01. The van der Waals surface area contributed by atoms with Gasteiger partial charge in [-0.25, -0.2) is 0 Å². The molecule has 1 nitrogen and oxygen atoms in total. The van der Waals surface area contributed by atoms with E-state index < -0.39 is 0 Å². The highest BCUT2D eigenvalue weighted by Gasteiger charge is 2.48. The fourth-order valence-corrected chi connectivity index (χ4v) is 4.06. The average molecular weight is 165 g/mol. The summed E-state index contributed by atoms with van der Waals surface area (Å²) < 4.78 is 0. The molecule has 5 unspecified atom stereocenters. The van der Waals surface area contributed by atoms with Crippen LogP contribution in [0.15, 0.2) is 0 Å². The van der Waals surface area contributed by atoms with Gasteiger partial charge in [-0.05, 0) is 50.0 Å². The van der Waals surface area contributed by atoms with Gasteiger partial charge < -0.3 is 0 Å². The van der Waals surface area contributed by atoms with Crippen LogP contribution in [0.25, 0.3) is 0 Å². The molecule has 2 saturated heterocycles. The van der Waals surface area contributed by atoms with Gasteiger partial charge in [0.2, 0.25) is 0 Å². The molecule has 0 aromatic rings. The van der Waals surface area contributed by atoms with E-state index in [1.54, 1.807) is 0 Å². The SMILES string of the molecule is CC1CCC2C1C1CCCN2C1. The lowest BCUT2D eigenvalue weighted by atomic mass is 9.83. The van der Waals surface area contributed by atoms with E-state index >= 15 is 0 Å². The van der Waals surface area contributed by atoms with E-state index in [0.717, 1.165) is 23.8 Å². The van der Waals surface area contributed by atoms with E-state index in [1.807, 2.05) is 0 Å². The fraction of sp³-hybridized carbons (Fsp3) is 1.00. The standard InChI is InChI=1S/C11H19N/c1-8-4-5-10-11(8)9-3-2-6-12(10)7-9/h8-11H,2-7H2,1H3. The molecular weight excluding hydrogens is 146 g/mol. The van der Waals surface area contributed by atoms with E-state index in [1.165, 1.54) is 38.8 Å². The Balaban J connectivity index is 1.89. The Bertz CT molecular complexity index is 189. The molecule has 0 radical (unpaired) electrons. The smallest absolute Gasteiger partial charge is 0.0129 e. The predicted molar refractivity (Wildman–Crippen MR) is 50.0 cm³/mol. The topological polar surface area (TPSA) is 3.24 Å². The number of piperidine rings is 1. The van der Waals surface area contributed by atoms with Crippen LogP contribution < -0.4 is 0 Å². The molecule has 0 aromatic heterocycles. The summed E-state index contributed by atoms with van der Waals surface area (Å²) in [5.41, 5.74) is 0. The lowest BCUT2D eigenvalue weighted by Crippen LogP contribution is -2.32. The molecule has 0 spiro atoms. The molecule has 12 heavy (non-hydrogen) atoms. The van der Waals surface area contributed by atoms with Crippen molar-refractivity contribution in [1.82, 2.24) is 4.90 Å². The van der Waals surface area contributed by atoms with E-state index in [9.17, 15) is 0 Å². The van der Waals surface area contributed by atoms with E-state index in [4.69, 9.17) is 0 Å². The Hall–Kier alpha value is -0.0400. The second-order valence-electron chi connectivity index (χ2n) is 5.10. The normalized spacial score (nSPS) is 57.2. The summed E-state index contributed by atoms with van der Waals surface area (Å²) in [7, 11) is 0. The number of fused-ring (bicyclic) bond motifs is 5. The van der Waals surface area contributed by atoms with Gasteiger partial charge in [-0.1, -0.05) is 6.92 Å². The highest BCUT2D eigenvalue weighted by Crippen LogP contribution is 2.48. The Kier molecular flexibility index (Phi) is 1.52. The summed E-state index contributed by atoms with van der Waals surface area (Å²) in [6.45, 7) is 5.33. The minimum Gasteiger partial charge on any atom is -0.300 e. The molecule has 3 rings (SSSR count). The van der Waals surface area contributed by atoms with Crippen molar-refractivity contribution in [1.29, 1.82) is 0 Å². The third kappa shape index (κ3) is 0.834. The molecule has 2 heterocycles. The van der Waals surface area contributed by atoms with Crippen molar-refractivity contribution in [3.05, 3.63) is 0 Å². The van der Waals surface area contributed by atoms with Crippen molar-refractivity contribution in [2.24, 2.45) is 17.8 Å². The molecule has 2 aliphatic heterocycles. The maximum Gasteiger partial charge on any atom is 0.0129 e. The largest absolute Gasteiger partial charge is 0.300 e. The molecule has 5 atom stereocenters. The van der Waals surface area contributed by atoms with Crippen molar-refractivity contribution >= 4 is 0 Å². The van der Waals surface area contributed by atoms with Crippen molar-refractivity contribution in [2.75, 3.05) is 13.1 Å². The van der Waals surface area contributed by atoms with E-state index in [-0.39, 0.29) is 0 Å². The van der Waals surface area contributed by atoms with Crippen LogP contribution in [0.5, 0.6) is 0 Å². The summed E-state index contributed by atoms with van der Waals surface area (Å²) >= 11 is 0. The van der Waals surface area contributed by atoms with Gasteiger partial charge in [-0.2, -0.15) is 0 Å². The zero-order valence-corrected chi connectivity index (χ0v) is 8.00. The number of hydrogen-bond acceptors (Lipinski definition) is 1. The Morgan fingerprint density at radius 3 is 3.00 bits per heavy atom. The van der Waals surface area contributed by atoms with Crippen molar-refractivity contribution in [3.8, 4) is 0 Å². The quantitative estimate of drug-likeness (QED) is 0.531. The molecule has 1 heteroatoms. The highest BCUT2D eigenvalue weighted by molar-refractivity contribution is 5.01. The van der Waals surface area contributed by atoms with Crippen LogP contribution in [-0.2, 0) is 0 Å². The summed E-state index contributed by atoms with van der Waals surface area (Å²) in [4.78, 5) is 2.78. The number of hydrogen-bond donors (Lipinski definition) is 0. The summed E-state index contributed by atoms with van der Waals surface area (Å²) in [6, 6.07) is 1.01. The second-order valence-corrected chi connectivity index (χ2v) is 5.10. The molecule has 0 aromatic carbocycles. The monoisotopic (exact) mass is 165 g/mol. The fourth-order valence-electron chi connectivity index (χ4n) is 4.06. The Morgan fingerprint density at radius 1 is 1.17 bits per heavy atom. The van der Waals surface area contributed by atoms with Gasteiger partial charge in [-0.15, -0.1) is 0 Å². The first kappa shape index (κ1) is 7.37. The first-order chi connectivity index (χ1) is 5.86. The van der Waals surface area contributed by atoms with Crippen LogP contribution in [0, 0.1) is 17.8 Å². The zero-order valence-electron chi connectivity index (χ0n) is 8.00. The Morgan fingerprint density at radius 2 is 2.08 bits per heavy atom. The third-order valence-electron chi connectivity index (χ3n) is 4.52. The second kappa shape index (κ2) is 2.47. The van der Waals surface area contributed by atoms with Crippen molar-refractivity contribution < 1.29 is 0 Å².